The van der Waals surface area contributed by atoms with Crippen LogP contribution in [0.5, 0.6) is 0 Å². The molecule has 21 heavy (non-hydrogen) atoms. The van der Waals surface area contributed by atoms with Gasteiger partial charge in [0.1, 0.15) is 0 Å². The lowest BCUT2D eigenvalue weighted by molar-refractivity contribution is 0.152. The number of hydrogen-bond donors (Lipinski definition) is 2. The third-order valence-electron chi connectivity index (χ3n) is 3.45. The third kappa shape index (κ3) is 9.93. The van der Waals surface area contributed by atoms with Gasteiger partial charge >= 0.3 is 0 Å². The van der Waals surface area contributed by atoms with Crippen molar-refractivity contribution in [2.75, 3.05) is 59.4 Å². The Balaban J connectivity index is 0.00000400. The molecule has 2 N–H and O–H groups in total. The zero-order valence-corrected chi connectivity index (χ0v) is 15.7. The Morgan fingerprint density at radius 2 is 1.90 bits per heavy atom. The summed E-state index contributed by atoms with van der Waals surface area (Å²) in [5.41, 5.74) is 0. The van der Waals surface area contributed by atoms with E-state index in [1.807, 2.05) is 0 Å². The molecule has 5 nitrogen and oxygen atoms in total. The lowest BCUT2D eigenvalue weighted by atomic mass is 10.2. The standard InChI is InChI=1S/C15H29N5.HI/c1-4-8-17-15(16-5-2)18-9-6-7-10-20-13-11-19(3)12-14-20;/h1H,5-14H2,2-3H3,(H2,16,17,18);1H. The second-order valence-corrected chi connectivity index (χ2v) is 5.17. The highest BCUT2D eigenvalue weighted by Gasteiger charge is 2.12. The molecule has 6 heteroatoms. The highest BCUT2D eigenvalue weighted by molar-refractivity contribution is 14.0. The summed E-state index contributed by atoms with van der Waals surface area (Å²) < 4.78 is 0. The summed E-state index contributed by atoms with van der Waals surface area (Å²) in [6, 6.07) is 0. The van der Waals surface area contributed by atoms with Gasteiger partial charge in [-0.1, -0.05) is 5.92 Å². The molecule has 1 aliphatic rings. The van der Waals surface area contributed by atoms with E-state index in [-0.39, 0.29) is 24.0 Å². The van der Waals surface area contributed by atoms with E-state index in [2.05, 4.69) is 45.3 Å². The van der Waals surface area contributed by atoms with Crippen LogP contribution in [0.1, 0.15) is 19.8 Å². The van der Waals surface area contributed by atoms with Crippen molar-refractivity contribution in [2.45, 2.75) is 19.8 Å². The van der Waals surface area contributed by atoms with Crippen LogP contribution in [-0.4, -0.2) is 75.2 Å². The van der Waals surface area contributed by atoms with Crippen molar-refractivity contribution in [3.63, 3.8) is 0 Å². The maximum atomic E-state index is 5.24. The lowest BCUT2D eigenvalue weighted by Crippen LogP contribution is -2.44. The van der Waals surface area contributed by atoms with Gasteiger partial charge in [0.15, 0.2) is 5.96 Å². The molecule has 1 aliphatic heterocycles. The SMILES string of the molecule is C#CCNC(=NCCCCN1CCN(C)CC1)NCC.I. The van der Waals surface area contributed by atoms with Crippen LogP contribution in [0.4, 0.5) is 0 Å². The molecule has 0 saturated carbocycles. The first kappa shape index (κ1) is 20.5. The largest absolute Gasteiger partial charge is 0.357 e. The van der Waals surface area contributed by atoms with E-state index in [9.17, 15) is 0 Å². The van der Waals surface area contributed by atoms with Crippen molar-refractivity contribution >= 4 is 29.9 Å². The van der Waals surface area contributed by atoms with Crippen molar-refractivity contribution in [3.05, 3.63) is 0 Å². The monoisotopic (exact) mass is 407 g/mol. The van der Waals surface area contributed by atoms with Crippen LogP contribution in [0.25, 0.3) is 0 Å². The zero-order chi connectivity index (χ0) is 14.6. The summed E-state index contributed by atoms with van der Waals surface area (Å²) in [6.07, 6.45) is 7.57. The third-order valence-corrected chi connectivity index (χ3v) is 3.45. The van der Waals surface area contributed by atoms with Crippen LogP contribution in [-0.2, 0) is 0 Å². The maximum Gasteiger partial charge on any atom is 0.192 e. The fourth-order valence-corrected chi connectivity index (χ4v) is 2.19. The lowest BCUT2D eigenvalue weighted by Gasteiger charge is -2.32. The average Bonchev–Trinajstić information content (AvgIpc) is 2.46. The van der Waals surface area contributed by atoms with Crippen LogP contribution in [0.2, 0.25) is 0 Å². The number of guanidine groups is 1. The first-order chi connectivity index (χ1) is 9.76. The number of hydrogen-bond acceptors (Lipinski definition) is 3. The van der Waals surface area contributed by atoms with Crippen LogP contribution >= 0.6 is 24.0 Å². The minimum atomic E-state index is 0. The normalized spacial score (nSPS) is 16.9. The minimum absolute atomic E-state index is 0. The summed E-state index contributed by atoms with van der Waals surface area (Å²) >= 11 is 0. The van der Waals surface area contributed by atoms with Crippen molar-refractivity contribution in [1.82, 2.24) is 20.4 Å². The summed E-state index contributed by atoms with van der Waals surface area (Å²) in [4.78, 5) is 9.45. The molecular formula is C15H30IN5. The number of aliphatic imine (C=N–C) groups is 1. The van der Waals surface area contributed by atoms with Crippen LogP contribution in [0, 0.1) is 12.3 Å². The summed E-state index contributed by atoms with van der Waals surface area (Å²) in [7, 11) is 2.19. The summed E-state index contributed by atoms with van der Waals surface area (Å²) in [5, 5.41) is 6.29. The van der Waals surface area contributed by atoms with Crippen LogP contribution in [0.3, 0.4) is 0 Å². The Bertz CT molecular complexity index is 319. The van der Waals surface area contributed by atoms with Gasteiger partial charge in [0.2, 0.25) is 0 Å². The number of unbranched alkanes of at least 4 members (excludes halogenated alkanes) is 1. The van der Waals surface area contributed by atoms with Gasteiger partial charge in [-0.05, 0) is 33.4 Å². The molecule has 0 bridgehead atoms. The fraction of sp³-hybridized carbons (Fsp3) is 0.800. The van der Waals surface area contributed by atoms with Crippen molar-refractivity contribution in [3.8, 4) is 12.3 Å². The van der Waals surface area contributed by atoms with E-state index >= 15 is 0 Å². The minimum Gasteiger partial charge on any atom is -0.357 e. The smallest absolute Gasteiger partial charge is 0.192 e. The van der Waals surface area contributed by atoms with Gasteiger partial charge in [-0.3, -0.25) is 4.99 Å². The quantitative estimate of drug-likeness (QED) is 0.216. The Kier molecular flexibility index (Phi) is 12.8. The van der Waals surface area contributed by atoms with Crippen molar-refractivity contribution < 1.29 is 0 Å². The Hall–Kier alpha value is -0.520. The first-order valence-electron chi connectivity index (χ1n) is 7.62. The Morgan fingerprint density at radius 1 is 1.19 bits per heavy atom. The Labute approximate surface area is 147 Å². The number of rotatable bonds is 7. The molecule has 0 radical (unpaired) electrons. The number of halogens is 1. The molecule has 0 aliphatic carbocycles. The number of nitrogens with one attached hydrogen (secondary N) is 2. The van der Waals surface area contributed by atoms with Gasteiger partial charge in [-0.2, -0.15) is 0 Å². The van der Waals surface area contributed by atoms with E-state index in [1.54, 1.807) is 0 Å². The fourth-order valence-electron chi connectivity index (χ4n) is 2.19. The van der Waals surface area contributed by atoms with E-state index in [1.165, 1.54) is 39.1 Å². The van der Waals surface area contributed by atoms with Crippen LogP contribution in [0.15, 0.2) is 4.99 Å². The molecule has 1 fully saturated rings. The molecule has 0 atom stereocenters. The molecule has 0 amide bonds. The molecule has 0 unspecified atom stereocenters. The van der Waals surface area contributed by atoms with E-state index in [0.29, 0.717) is 6.54 Å². The topological polar surface area (TPSA) is 42.9 Å². The Morgan fingerprint density at radius 3 is 2.52 bits per heavy atom. The predicted octanol–water partition coefficient (Wildman–Crippen LogP) is 0.820. The van der Waals surface area contributed by atoms with E-state index in [4.69, 9.17) is 6.42 Å². The molecule has 0 aromatic carbocycles. The number of likely N-dealkylation sites (N-methyl/N-ethyl adjacent to an activating group) is 1. The molecule has 0 aromatic heterocycles. The molecule has 1 heterocycles. The van der Waals surface area contributed by atoms with Gasteiger partial charge in [-0.15, -0.1) is 30.4 Å². The van der Waals surface area contributed by atoms with Gasteiger partial charge in [-0.25, -0.2) is 0 Å². The number of terminal acetylenes is 1. The highest BCUT2D eigenvalue weighted by atomic mass is 127. The van der Waals surface area contributed by atoms with Crippen molar-refractivity contribution in [2.24, 2.45) is 4.99 Å². The average molecular weight is 407 g/mol. The molecule has 0 spiro atoms. The molecule has 1 saturated heterocycles. The van der Waals surface area contributed by atoms with Gasteiger partial charge in [0.05, 0.1) is 6.54 Å². The van der Waals surface area contributed by atoms with Crippen molar-refractivity contribution in [1.29, 1.82) is 0 Å². The second-order valence-electron chi connectivity index (χ2n) is 5.17. The van der Waals surface area contributed by atoms with Gasteiger partial charge < -0.3 is 20.4 Å². The second kappa shape index (κ2) is 13.2. The molecule has 122 valence electrons. The van der Waals surface area contributed by atoms with E-state index in [0.717, 1.165) is 25.5 Å². The number of nitrogens with zero attached hydrogens (tertiary/aromatic N) is 3. The molecule has 1 rings (SSSR count). The van der Waals surface area contributed by atoms with E-state index < -0.39 is 0 Å². The van der Waals surface area contributed by atoms with Gasteiger partial charge in [0, 0.05) is 39.3 Å². The zero-order valence-electron chi connectivity index (χ0n) is 13.4. The summed E-state index contributed by atoms with van der Waals surface area (Å²) in [6.45, 7) is 10.3. The molecule has 0 aromatic rings. The first-order valence-corrected chi connectivity index (χ1v) is 7.62. The predicted molar refractivity (Wildman–Crippen MR) is 101 cm³/mol. The highest BCUT2D eigenvalue weighted by Crippen LogP contribution is 2.01. The maximum absolute atomic E-state index is 5.24. The number of piperazine rings is 1. The summed E-state index contributed by atoms with van der Waals surface area (Å²) in [5.74, 6) is 3.39. The van der Waals surface area contributed by atoms with Crippen LogP contribution < -0.4 is 10.6 Å². The molecular weight excluding hydrogens is 377 g/mol. The van der Waals surface area contributed by atoms with Gasteiger partial charge in [0.25, 0.3) is 0 Å².